The molecule has 8 heteroatoms. The maximum absolute atomic E-state index is 11.0. The first-order chi connectivity index (χ1) is 10.4. The van der Waals surface area contributed by atoms with E-state index >= 15 is 0 Å². The summed E-state index contributed by atoms with van der Waals surface area (Å²) < 4.78 is 2.80. The van der Waals surface area contributed by atoms with E-state index in [1.54, 1.807) is 0 Å². The molecule has 0 unspecified atom stereocenters. The van der Waals surface area contributed by atoms with E-state index < -0.39 is 12.0 Å². The maximum atomic E-state index is 11.0. The molecule has 1 amide bonds. The normalized spacial score (nSPS) is 12.1. The van der Waals surface area contributed by atoms with E-state index in [-0.39, 0.29) is 12.5 Å². The fraction of sp³-hybridized carbons (Fsp3) is 0.643. The minimum Gasteiger partial charge on any atom is -0.480 e. The van der Waals surface area contributed by atoms with E-state index in [1.807, 2.05) is 11.5 Å². The summed E-state index contributed by atoms with van der Waals surface area (Å²) >= 11 is 6.83. The smallest absolute Gasteiger partial charge is 0.326 e. The highest BCUT2D eigenvalue weighted by Gasteiger charge is 2.17. The molecule has 0 saturated carbocycles. The molecule has 0 radical (unpaired) electrons. The van der Waals surface area contributed by atoms with Gasteiger partial charge in [0.1, 0.15) is 6.04 Å². The lowest BCUT2D eigenvalue weighted by Gasteiger charge is -2.13. The van der Waals surface area contributed by atoms with Crippen molar-refractivity contribution in [3.8, 4) is 0 Å². The summed E-state index contributed by atoms with van der Waals surface area (Å²) in [4.78, 5) is 23.1. The predicted octanol–water partition coefficient (Wildman–Crippen LogP) is 1.88. The summed E-state index contributed by atoms with van der Waals surface area (Å²) in [7, 11) is 0. The number of unbranched alkanes of at least 4 members (excludes halogenated alkanes) is 1. The predicted molar refractivity (Wildman–Crippen MR) is 87.8 cm³/mol. The summed E-state index contributed by atoms with van der Waals surface area (Å²) in [6.45, 7) is 4.12. The number of carboxylic acid groups (broad SMARTS) is 1. The number of thiazole rings is 1. The third-order valence-electron chi connectivity index (χ3n) is 3.38. The van der Waals surface area contributed by atoms with Crippen LogP contribution in [0, 0.1) is 10.9 Å². The molecule has 0 bridgehead atoms. The number of amides is 1. The van der Waals surface area contributed by atoms with Crippen LogP contribution in [0.15, 0.2) is 0 Å². The molecule has 0 fully saturated rings. The van der Waals surface area contributed by atoms with Gasteiger partial charge in [0.05, 0.1) is 0 Å². The molecule has 1 rings (SSSR count). The molecule has 1 atom stereocenters. The van der Waals surface area contributed by atoms with E-state index in [0.29, 0.717) is 19.3 Å². The lowest BCUT2D eigenvalue weighted by atomic mass is 10.1. The molecule has 1 aromatic heterocycles. The Kier molecular flexibility index (Phi) is 7.70. The molecule has 0 aromatic carbocycles. The minimum absolute atomic E-state index is 0.104. The third kappa shape index (κ3) is 5.51. The average molecular weight is 346 g/mol. The Morgan fingerprint density at radius 2 is 2.09 bits per heavy atom. The Bertz CT molecular complexity index is 580. The number of nitrogens with zero attached hydrogens (tertiary/aromatic N) is 1. The van der Waals surface area contributed by atoms with Gasteiger partial charge in [0, 0.05) is 37.1 Å². The van der Waals surface area contributed by atoms with Crippen LogP contribution in [0.5, 0.6) is 0 Å². The molecule has 6 nitrogen and oxygen atoms in total. The molecule has 0 aliphatic carbocycles. The average Bonchev–Trinajstić information content (AvgIpc) is 2.69. The molecule has 0 spiro atoms. The van der Waals surface area contributed by atoms with Crippen molar-refractivity contribution in [3.05, 3.63) is 14.5 Å². The van der Waals surface area contributed by atoms with E-state index in [2.05, 4.69) is 5.32 Å². The van der Waals surface area contributed by atoms with Crippen molar-refractivity contribution < 1.29 is 19.8 Å². The number of carbonyl (C=O) groups excluding carboxylic acids is 1. The summed E-state index contributed by atoms with van der Waals surface area (Å²) in [6.07, 6.45) is 2.48. The van der Waals surface area contributed by atoms with E-state index in [1.165, 1.54) is 18.3 Å². The number of aromatic nitrogens is 1. The van der Waals surface area contributed by atoms with Crippen molar-refractivity contribution in [2.75, 3.05) is 6.61 Å². The second-order valence-corrected chi connectivity index (χ2v) is 6.82. The molecule has 0 aliphatic heterocycles. The molecular formula is C14H22N2O4S2. The van der Waals surface area contributed by atoms with Gasteiger partial charge < -0.3 is 20.1 Å². The van der Waals surface area contributed by atoms with Gasteiger partial charge in [-0.15, -0.1) is 11.3 Å². The minimum atomic E-state index is -1.01. The zero-order chi connectivity index (χ0) is 16.7. The lowest BCUT2D eigenvalue weighted by Crippen LogP contribution is -2.39. The Labute approximate surface area is 138 Å². The molecule has 0 aliphatic rings. The first-order valence-corrected chi connectivity index (χ1v) is 8.39. The first kappa shape index (κ1) is 18.8. The van der Waals surface area contributed by atoms with Crippen LogP contribution in [-0.2, 0) is 22.6 Å². The quantitative estimate of drug-likeness (QED) is 0.469. The fourth-order valence-corrected chi connectivity index (χ4v) is 3.77. The summed E-state index contributed by atoms with van der Waals surface area (Å²) in [5, 5.41) is 20.5. The molecular weight excluding hydrogens is 324 g/mol. The van der Waals surface area contributed by atoms with Crippen molar-refractivity contribution in [2.24, 2.45) is 0 Å². The number of carbonyl (C=O) groups is 2. The zero-order valence-electron chi connectivity index (χ0n) is 12.8. The first-order valence-electron chi connectivity index (χ1n) is 7.16. The molecule has 1 heterocycles. The number of hydrogen-bond acceptors (Lipinski definition) is 5. The molecule has 22 heavy (non-hydrogen) atoms. The van der Waals surface area contributed by atoms with Crippen LogP contribution in [0.4, 0.5) is 0 Å². The van der Waals surface area contributed by atoms with Crippen LogP contribution >= 0.6 is 23.6 Å². The van der Waals surface area contributed by atoms with E-state index in [0.717, 1.165) is 27.5 Å². The summed E-state index contributed by atoms with van der Waals surface area (Å²) in [5.74, 6) is -1.35. The van der Waals surface area contributed by atoms with Crippen LogP contribution in [-0.4, -0.2) is 39.3 Å². The standard InChI is InChI=1S/C14H22N2O4S2/c1-9-12(6-8-17)22-14(21)16(9)7-4-3-5-11(13(19)20)15-10(2)18/h11,17H,3-8H2,1-2H3,(H,15,18)(H,19,20)/t11-/m0/s1. The lowest BCUT2D eigenvalue weighted by molar-refractivity contribution is -0.141. The Morgan fingerprint density at radius 3 is 2.64 bits per heavy atom. The largest absolute Gasteiger partial charge is 0.480 e. The molecule has 124 valence electrons. The van der Waals surface area contributed by atoms with Gasteiger partial charge >= 0.3 is 5.97 Å². The van der Waals surface area contributed by atoms with Crippen LogP contribution in [0.25, 0.3) is 0 Å². The van der Waals surface area contributed by atoms with Gasteiger partial charge in [-0.1, -0.05) is 0 Å². The highest BCUT2D eigenvalue weighted by molar-refractivity contribution is 7.73. The van der Waals surface area contributed by atoms with Gasteiger partial charge in [-0.25, -0.2) is 4.79 Å². The Balaban J connectivity index is 2.52. The highest BCUT2D eigenvalue weighted by Crippen LogP contribution is 2.20. The van der Waals surface area contributed by atoms with E-state index in [9.17, 15) is 9.59 Å². The van der Waals surface area contributed by atoms with Crippen LogP contribution in [0.1, 0.15) is 36.8 Å². The van der Waals surface area contributed by atoms with Crippen molar-refractivity contribution in [1.29, 1.82) is 0 Å². The van der Waals surface area contributed by atoms with Gasteiger partial charge in [-0.05, 0) is 38.4 Å². The molecule has 3 N–H and O–H groups in total. The van der Waals surface area contributed by atoms with Gasteiger partial charge in [0.2, 0.25) is 5.91 Å². The van der Waals surface area contributed by atoms with Gasteiger partial charge in [-0.2, -0.15) is 0 Å². The molecule has 1 aromatic rings. The summed E-state index contributed by atoms with van der Waals surface area (Å²) in [5.41, 5.74) is 1.07. The van der Waals surface area contributed by atoms with Crippen LogP contribution in [0.3, 0.4) is 0 Å². The number of aliphatic hydroxyl groups excluding tert-OH is 1. The zero-order valence-corrected chi connectivity index (χ0v) is 14.4. The second-order valence-electron chi connectivity index (χ2n) is 5.09. The van der Waals surface area contributed by atoms with Crippen molar-refractivity contribution in [3.63, 3.8) is 0 Å². The van der Waals surface area contributed by atoms with Crippen molar-refractivity contribution >= 4 is 35.4 Å². The summed E-state index contributed by atoms with van der Waals surface area (Å²) in [6, 6.07) is -0.834. The monoisotopic (exact) mass is 346 g/mol. The van der Waals surface area contributed by atoms with Crippen molar-refractivity contribution in [1.82, 2.24) is 9.88 Å². The topological polar surface area (TPSA) is 91.6 Å². The van der Waals surface area contributed by atoms with Crippen LogP contribution in [0.2, 0.25) is 0 Å². The second kappa shape index (κ2) is 9.02. The van der Waals surface area contributed by atoms with Gasteiger partial charge in [0.25, 0.3) is 0 Å². The maximum Gasteiger partial charge on any atom is 0.326 e. The number of carboxylic acids is 1. The van der Waals surface area contributed by atoms with E-state index in [4.69, 9.17) is 22.4 Å². The van der Waals surface area contributed by atoms with Gasteiger partial charge in [0.15, 0.2) is 3.95 Å². The van der Waals surface area contributed by atoms with Crippen molar-refractivity contribution in [2.45, 2.75) is 52.1 Å². The van der Waals surface area contributed by atoms with Gasteiger partial charge in [-0.3, -0.25) is 4.79 Å². The Hall–Kier alpha value is -1.25. The number of aliphatic carboxylic acids is 1. The highest BCUT2D eigenvalue weighted by atomic mass is 32.1. The Morgan fingerprint density at radius 1 is 1.41 bits per heavy atom. The third-order valence-corrected chi connectivity index (χ3v) is 4.99. The SMILES string of the molecule is CC(=O)N[C@@H](CCCCn1c(C)c(CCO)sc1=S)C(=O)O. The fourth-order valence-electron chi connectivity index (χ4n) is 2.24. The number of aliphatic hydroxyl groups is 1. The number of rotatable bonds is 9. The number of hydrogen-bond donors (Lipinski definition) is 3. The van der Waals surface area contributed by atoms with Crippen LogP contribution < -0.4 is 5.32 Å². The molecule has 0 saturated heterocycles. The number of nitrogens with one attached hydrogen (secondary N) is 1.